The highest BCUT2D eigenvalue weighted by molar-refractivity contribution is 7.89. The number of anilines is 1. The van der Waals surface area contributed by atoms with Crippen molar-refractivity contribution in [2.24, 2.45) is 10.8 Å². The first kappa shape index (κ1) is 24.4. The lowest BCUT2D eigenvalue weighted by molar-refractivity contribution is -0.119. The summed E-state index contributed by atoms with van der Waals surface area (Å²) in [5.41, 5.74) is 0.394. The Morgan fingerprint density at radius 1 is 1.26 bits per heavy atom. The Kier molecular flexibility index (Phi) is 6.31. The van der Waals surface area contributed by atoms with E-state index in [9.17, 15) is 18.0 Å². The van der Waals surface area contributed by atoms with Gasteiger partial charge in [-0.2, -0.15) is 9.57 Å². The fraction of sp³-hybridized carbons (Fsp3) is 0.458. The number of hydrogen-bond donors (Lipinski definition) is 1. The molecule has 180 valence electrons. The van der Waals surface area contributed by atoms with E-state index in [2.05, 4.69) is 26.1 Å². The van der Waals surface area contributed by atoms with Crippen LogP contribution in [0.4, 0.5) is 5.00 Å². The summed E-state index contributed by atoms with van der Waals surface area (Å²) in [6, 6.07) is 9.22. The van der Waals surface area contributed by atoms with Crippen molar-refractivity contribution in [3.63, 3.8) is 0 Å². The Morgan fingerprint density at radius 3 is 2.76 bits per heavy atom. The summed E-state index contributed by atoms with van der Waals surface area (Å²) < 4.78 is 33.7. The van der Waals surface area contributed by atoms with E-state index in [1.54, 1.807) is 15.8 Å². The third-order valence-electron chi connectivity index (χ3n) is 6.42. The van der Waals surface area contributed by atoms with Crippen LogP contribution in [-0.4, -0.2) is 43.8 Å². The first-order chi connectivity index (χ1) is 15.9. The fourth-order valence-electron chi connectivity index (χ4n) is 5.48. The Balaban J connectivity index is 1.45. The van der Waals surface area contributed by atoms with Gasteiger partial charge < -0.3 is 10.1 Å². The number of sulfonamides is 1. The molecule has 1 aromatic heterocycles. The number of carbonyl (C=O) groups excluding carboxylic acids is 2. The maximum absolute atomic E-state index is 13.5. The van der Waals surface area contributed by atoms with Crippen molar-refractivity contribution in [1.29, 1.82) is 5.26 Å². The van der Waals surface area contributed by atoms with Crippen molar-refractivity contribution in [2.75, 3.05) is 18.5 Å². The lowest BCUT2D eigenvalue weighted by Gasteiger charge is -2.39. The molecule has 4 rings (SSSR count). The van der Waals surface area contributed by atoms with Crippen molar-refractivity contribution in [3.05, 3.63) is 46.8 Å². The van der Waals surface area contributed by atoms with Gasteiger partial charge in [-0.15, -0.1) is 11.3 Å². The molecule has 0 unspecified atom stereocenters. The van der Waals surface area contributed by atoms with E-state index >= 15 is 0 Å². The number of amides is 1. The second kappa shape index (κ2) is 8.80. The van der Waals surface area contributed by atoms with Crippen molar-refractivity contribution in [1.82, 2.24) is 4.31 Å². The zero-order chi connectivity index (χ0) is 24.7. The van der Waals surface area contributed by atoms with Crippen LogP contribution in [0, 0.1) is 22.2 Å². The van der Waals surface area contributed by atoms with E-state index in [0.717, 1.165) is 19.3 Å². The monoisotopic (exact) mass is 501 g/mol. The molecule has 0 radical (unpaired) electrons. The number of hydrogen-bond acceptors (Lipinski definition) is 7. The van der Waals surface area contributed by atoms with Crippen molar-refractivity contribution < 1.29 is 22.7 Å². The van der Waals surface area contributed by atoms with E-state index < -0.39 is 28.5 Å². The van der Waals surface area contributed by atoms with Crippen LogP contribution in [0.1, 0.15) is 56.0 Å². The number of nitriles is 1. The molecule has 34 heavy (non-hydrogen) atoms. The molecule has 1 N–H and O–H groups in total. The second-order valence-electron chi connectivity index (χ2n) is 10.2. The van der Waals surface area contributed by atoms with Gasteiger partial charge in [0.2, 0.25) is 10.0 Å². The van der Waals surface area contributed by atoms with Crippen LogP contribution in [0.15, 0.2) is 40.6 Å². The van der Waals surface area contributed by atoms with Crippen molar-refractivity contribution >= 4 is 38.2 Å². The molecule has 2 aliphatic rings. The molecule has 1 saturated carbocycles. The first-order valence-corrected chi connectivity index (χ1v) is 13.3. The Morgan fingerprint density at radius 2 is 2.03 bits per heavy atom. The molecule has 2 atom stereocenters. The van der Waals surface area contributed by atoms with Gasteiger partial charge in [0.15, 0.2) is 6.61 Å². The highest BCUT2D eigenvalue weighted by Crippen LogP contribution is 2.53. The van der Waals surface area contributed by atoms with Crippen LogP contribution < -0.4 is 5.32 Å². The van der Waals surface area contributed by atoms with Gasteiger partial charge in [-0.25, -0.2) is 13.2 Å². The van der Waals surface area contributed by atoms with Gasteiger partial charge >= 0.3 is 5.97 Å². The summed E-state index contributed by atoms with van der Waals surface area (Å²) in [6.07, 6.45) is 2.61. The predicted molar refractivity (Wildman–Crippen MR) is 128 cm³/mol. The quantitative estimate of drug-likeness (QED) is 0.598. The summed E-state index contributed by atoms with van der Waals surface area (Å²) in [5, 5.41) is 13.6. The van der Waals surface area contributed by atoms with E-state index in [1.807, 2.05) is 6.07 Å². The second-order valence-corrected chi connectivity index (χ2v) is 13.0. The van der Waals surface area contributed by atoms with Gasteiger partial charge in [0.1, 0.15) is 11.1 Å². The summed E-state index contributed by atoms with van der Waals surface area (Å²) >= 11 is 1.19. The first-order valence-electron chi connectivity index (χ1n) is 11.0. The Labute approximate surface area is 203 Å². The van der Waals surface area contributed by atoms with Crippen molar-refractivity contribution in [2.45, 2.75) is 51.0 Å². The molecule has 2 aromatic rings. The molecule has 1 aliphatic carbocycles. The molecule has 1 aromatic carbocycles. The Hall–Kier alpha value is -2.74. The van der Waals surface area contributed by atoms with Gasteiger partial charge in [-0.05, 0) is 59.7 Å². The molecular weight excluding hydrogens is 474 g/mol. The highest BCUT2D eigenvalue weighted by Gasteiger charge is 2.53. The van der Waals surface area contributed by atoms with Gasteiger partial charge in [0.25, 0.3) is 5.91 Å². The summed E-state index contributed by atoms with van der Waals surface area (Å²) in [7, 11) is -3.79. The Bertz CT molecular complexity index is 1280. The van der Waals surface area contributed by atoms with Gasteiger partial charge in [0, 0.05) is 12.6 Å². The molecule has 0 spiro atoms. The molecule has 1 saturated heterocycles. The van der Waals surface area contributed by atoms with E-state index in [0.29, 0.717) is 17.1 Å². The number of nitrogens with one attached hydrogen (secondary N) is 1. The standard InChI is InChI=1S/C24H27N3O5S2/c1-23(2)10-18-11-24(3,14-23)15-27(18)34(30,31)19-6-4-5-16(9-19)22(29)32-13-20(28)26-21-17(12-25)7-8-33-21/h4-9,18H,10-11,13-15H2,1-3H3,(H,26,28)/t18-,24-/m0/s1. The number of carbonyl (C=O) groups is 2. The summed E-state index contributed by atoms with van der Waals surface area (Å²) in [4.78, 5) is 24.7. The SMILES string of the molecule is CC1(C)C[C@H]2C[C@](C)(CN2S(=O)(=O)c2cccc(C(=O)OCC(=O)Nc3sccc3C#N)c2)C1. The molecule has 1 aliphatic heterocycles. The number of benzene rings is 1. The molecule has 1 amide bonds. The van der Waals surface area contributed by atoms with Crippen molar-refractivity contribution in [3.8, 4) is 6.07 Å². The van der Waals surface area contributed by atoms with Crippen LogP contribution in [0.25, 0.3) is 0 Å². The predicted octanol–water partition coefficient (Wildman–Crippen LogP) is 4.00. The number of esters is 1. The number of thiophene rings is 1. The topological polar surface area (TPSA) is 117 Å². The minimum absolute atomic E-state index is 0.0394. The molecule has 8 nitrogen and oxygen atoms in total. The van der Waals surface area contributed by atoms with Gasteiger partial charge in [0.05, 0.1) is 16.0 Å². The zero-order valence-electron chi connectivity index (χ0n) is 19.3. The average molecular weight is 502 g/mol. The van der Waals surface area contributed by atoms with E-state index in [-0.39, 0.29) is 27.3 Å². The molecular formula is C24H27N3O5S2. The zero-order valence-corrected chi connectivity index (χ0v) is 21.0. The minimum atomic E-state index is -3.79. The lowest BCUT2D eigenvalue weighted by Crippen LogP contribution is -2.37. The number of nitrogens with zero attached hydrogens (tertiary/aromatic N) is 2. The minimum Gasteiger partial charge on any atom is -0.452 e. The largest absolute Gasteiger partial charge is 0.452 e. The van der Waals surface area contributed by atoms with Crippen LogP contribution in [0.2, 0.25) is 0 Å². The lowest BCUT2D eigenvalue weighted by atomic mass is 9.65. The van der Waals surface area contributed by atoms with Gasteiger partial charge in [-0.1, -0.05) is 26.8 Å². The number of rotatable bonds is 6. The van der Waals surface area contributed by atoms with Crippen LogP contribution in [0.3, 0.4) is 0 Å². The fourth-order valence-corrected chi connectivity index (χ4v) is 8.05. The maximum atomic E-state index is 13.5. The third kappa shape index (κ3) is 4.87. The smallest absolute Gasteiger partial charge is 0.338 e. The van der Waals surface area contributed by atoms with E-state index in [1.165, 1.54) is 35.6 Å². The summed E-state index contributed by atoms with van der Waals surface area (Å²) in [6.45, 7) is 6.41. The van der Waals surface area contributed by atoms with E-state index in [4.69, 9.17) is 10.00 Å². The van der Waals surface area contributed by atoms with Gasteiger partial charge in [-0.3, -0.25) is 4.79 Å². The van der Waals surface area contributed by atoms with Crippen LogP contribution in [0.5, 0.6) is 0 Å². The third-order valence-corrected chi connectivity index (χ3v) is 9.14. The normalized spacial score (nSPS) is 23.8. The van der Waals surface area contributed by atoms with Crippen LogP contribution >= 0.6 is 11.3 Å². The number of ether oxygens (including phenoxy) is 1. The number of fused-ring (bicyclic) bond motifs is 2. The van der Waals surface area contributed by atoms with Crippen LogP contribution in [-0.2, 0) is 19.6 Å². The summed E-state index contributed by atoms with van der Waals surface area (Å²) in [5.74, 6) is -1.39. The maximum Gasteiger partial charge on any atom is 0.338 e. The average Bonchev–Trinajstić information content (AvgIpc) is 3.32. The highest BCUT2D eigenvalue weighted by atomic mass is 32.2. The molecule has 2 bridgehead atoms. The molecule has 2 heterocycles. The molecule has 10 heteroatoms. The molecule has 2 fully saturated rings.